The molecule has 0 unspecified atom stereocenters. The zero-order valence-electron chi connectivity index (χ0n) is 14.6. The minimum Gasteiger partial charge on any atom is -0.418 e. The third-order valence-electron chi connectivity index (χ3n) is 3.68. The van der Waals surface area contributed by atoms with Crippen LogP contribution in [0.1, 0.15) is 11.5 Å². The van der Waals surface area contributed by atoms with Crippen molar-refractivity contribution in [3.05, 3.63) is 53.2 Å². The minimum absolute atomic E-state index is 0.416. The molecule has 0 saturated carbocycles. The largest absolute Gasteiger partial charge is 0.418 e. The van der Waals surface area contributed by atoms with E-state index in [4.69, 9.17) is 21.4 Å². The Hall–Kier alpha value is -2.29. The summed E-state index contributed by atoms with van der Waals surface area (Å²) in [5, 5.41) is 14.1. The lowest BCUT2D eigenvalue weighted by Gasteiger charge is -2.24. The molecule has 0 amide bonds. The quantitative estimate of drug-likeness (QED) is 0.615. The summed E-state index contributed by atoms with van der Waals surface area (Å²) in [5.41, 5.74) is 2.14. The highest BCUT2D eigenvalue weighted by Gasteiger charge is 2.16. The van der Waals surface area contributed by atoms with Gasteiger partial charge in [0.25, 0.3) is 5.89 Å². The van der Waals surface area contributed by atoms with E-state index in [-0.39, 0.29) is 0 Å². The molecule has 2 aromatic heterocycles. The summed E-state index contributed by atoms with van der Waals surface area (Å²) in [7, 11) is 1.66. The molecule has 8 heteroatoms. The number of anilines is 1. The average Bonchev–Trinajstić information content (AvgIpc) is 3.32. The zero-order chi connectivity index (χ0) is 18.4. The molecular formula is C18H20N4O2S2. The molecule has 3 rings (SSSR count). The summed E-state index contributed by atoms with van der Waals surface area (Å²) in [5.74, 6) is 1.04. The van der Waals surface area contributed by atoms with Crippen molar-refractivity contribution in [2.45, 2.75) is 13.5 Å². The van der Waals surface area contributed by atoms with Crippen LogP contribution in [0.15, 0.2) is 46.2 Å². The number of aryl methyl sites for hydroxylation is 1. The van der Waals surface area contributed by atoms with Gasteiger partial charge in [-0.3, -0.25) is 0 Å². The van der Waals surface area contributed by atoms with Crippen molar-refractivity contribution in [3.8, 4) is 10.8 Å². The van der Waals surface area contributed by atoms with Gasteiger partial charge < -0.3 is 19.4 Å². The Morgan fingerprint density at radius 2 is 2.08 bits per heavy atom. The number of benzene rings is 1. The molecule has 6 nitrogen and oxygen atoms in total. The smallest absolute Gasteiger partial charge is 0.257 e. The number of thiocarbonyl (C=S) groups is 1. The number of nitrogens with one attached hydrogen (secondary N) is 1. The lowest BCUT2D eigenvalue weighted by molar-refractivity contribution is 0.172. The summed E-state index contributed by atoms with van der Waals surface area (Å²) in [6.07, 6.45) is 0. The topological polar surface area (TPSA) is 63.4 Å². The standard InChI is InChI=1S/C18H20N4O2S2/c1-13-5-7-14(8-6-13)19-18(25)22(9-10-23-2)12-16-20-21-17(24-16)15-4-3-11-26-15/h3-8,11H,9-10,12H2,1-2H3,(H,19,25). The molecule has 26 heavy (non-hydrogen) atoms. The summed E-state index contributed by atoms with van der Waals surface area (Å²) in [4.78, 5) is 2.90. The van der Waals surface area contributed by atoms with Gasteiger partial charge in [0.15, 0.2) is 5.11 Å². The van der Waals surface area contributed by atoms with E-state index in [1.165, 1.54) is 5.56 Å². The maximum absolute atomic E-state index is 5.77. The molecule has 0 bridgehead atoms. The van der Waals surface area contributed by atoms with Crippen LogP contribution in [0, 0.1) is 6.92 Å². The highest BCUT2D eigenvalue weighted by atomic mass is 32.1. The monoisotopic (exact) mass is 388 g/mol. The highest BCUT2D eigenvalue weighted by molar-refractivity contribution is 7.80. The molecule has 0 aliphatic heterocycles. The maximum atomic E-state index is 5.77. The molecule has 0 aliphatic carbocycles. The van der Waals surface area contributed by atoms with E-state index in [0.717, 1.165) is 10.6 Å². The Morgan fingerprint density at radius 1 is 1.27 bits per heavy atom. The summed E-state index contributed by atoms with van der Waals surface area (Å²) in [6.45, 7) is 3.62. The maximum Gasteiger partial charge on any atom is 0.257 e. The number of aromatic nitrogens is 2. The Bertz CT molecular complexity index is 831. The van der Waals surface area contributed by atoms with E-state index in [0.29, 0.717) is 36.6 Å². The fourth-order valence-electron chi connectivity index (χ4n) is 2.27. The van der Waals surface area contributed by atoms with Gasteiger partial charge in [-0.15, -0.1) is 21.5 Å². The van der Waals surface area contributed by atoms with E-state index in [9.17, 15) is 0 Å². The Kier molecular flexibility index (Phi) is 6.32. The summed E-state index contributed by atoms with van der Waals surface area (Å²) >= 11 is 7.12. The van der Waals surface area contributed by atoms with Crippen molar-refractivity contribution in [2.75, 3.05) is 25.6 Å². The molecule has 2 heterocycles. The first-order valence-electron chi connectivity index (χ1n) is 8.13. The fraction of sp³-hybridized carbons (Fsp3) is 0.278. The van der Waals surface area contributed by atoms with Crippen LogP contribution in [0.4, 0.5) is 5.69 Å². The summed E-state index contributed by atoms with van der Waals surface area (Å²) in [6, 6.07) is 12.0. The normalized spacial score (nSPS) is 10.7. The Morgan fingerprint density at radius 3 is 2.77 bits per heavy atom. The second-order valence-electron chi connectivity index (χ2n) is 5.69. The molecule has 1 aromatic carbocycles. The summed E-state index contributed by atoms with van der Waals surface area (Å²) < 4.78 is 11.0. The predicted octanol–water partition coefficient (Wildman–Crippen LogP) is 3.95. The van der Waals surface area contributed by atoms with Gasteiger partial charge >= 0.3 is 0 Å². The number of hydrogen-bond acceptors (Lipinski definition) is 6. The van der Waals surface area contributed by atoms with E-state index in [1.54, 1.807) is 18.4 Å². The molecule has 0 atom stereocenters. The van der Waals surface area contributed by atoms with Crippen LogP contribution in [-0.4, -0.2) is 40.5 Å². The van der Waals surface area contributed by atoms with Crippen LogP contribution in [0.3, 0.4) is 0 Å². The van der Waals surface area contributed by atoms with Crippen molar-refractivity contribution >= 4 is 34.4 Å². The van der Waals surface area contributed by atoms with Gasteiger partial charge in [-0.1, -0.05) is 23.8 Å². The van der Waals surface area contributed by atoms with Crippen LogP contribution in [-0.2, 0) is 11.3 Å². The fourth-order valence-corrected chi connectivity index (χ4v) is 3.19. The molecule has 0 saturated heterocycles. The number of methoxy groups -OCH3 is 1. The Balaban J connectivity index is 1.69. The predicted molar refractivity (Wildman–Crippen MR) is 107 cm³/mol. The molecule has 0 radical (unpaired) electrons. The SMILES string of the molecule is COCCN(Cc1nnc(-c2cccs2)o1)C(=S)Nc1ccc(C)cc1. The van der Waals surface area contributed by atoms with E-state index in [2.05, 4.69) is 15.5 Å². The van der Waals surface area contributed by atoms with Crippen molar-refractivity contribution in [1.82, 2.24) is 15.1 Å². The van der Waals surface area contributed by atoms with Crippen molar-refractivity contribution in [2.24, 2.45) is 0 Å². The van der Waals surface area contributed by atoms with Crippen molar-refractivity contribution < 1.29 is 9.15 Å². The third kappa shape index (κ3) is 4.87. The third-order valence-corrected chi connectivity index (χ3v) is 4.90. The first-order chi connectivity index (χ1) is 12.7. The number of nitrogens with zero attached hydrogens (tertiary/aromatic N) is 3. The van der Waals surface area contributed by atoms with Crippen LogP contribution < -0.4 is 5.32 Å². The second kappa shape index (κ2) is 8.88. The van der Waals surface area contributed by atoms with Crippen LogP contribution in [0.25, 0.3) is 10.8 Å². The van der Waals surface area contributed by atoms with Crippen LogP contribution in [0.5, 0.6) is 0 Å². The highest BCUT2D eigenvalue weighted by Crippen LogP contribution is 2.23. The van der Waals surface area contributed by atoms with Gasteiger partial charge in [0, 0.05) is 19.3 Å². The van der Waals surface area contributed by atoms with Crippen LogP contribution in [0.2, 0.25) is 0 Å². The second-order valence-corrected chi connectivity index (χ2v) is 7.02. The van der Waals surface area contributed by atoms with Gasteiger partial charge in [-0.05, 0) is 42.7 Å². The average molecular weight is 389 g/mol. The van der Waals surface area contributed by atoms with Crippen LogP contribution >= 0.6 is 23.6 Å². The van der Waals surface area contributed by atoms with Gasteiger partial charge in [0.05, 0.1) is 18.0 Å². The van der Waals surface area contributed by atoms with Gasteiger partial charge in [-0.25, -0.2) is 0 Å². The van der Waals surface area contributed by atoms with E-state index < -0.39 is 0 Å². The molecule has 136 valence electrons. The van der Waals surface area contributed by atoms with E-state index >= 15 is 0 Å². The van der Waals surface area contributed by atoms with Gasteiger partial charge in [-0.2, -0.15) is 0 Å². The zero-order valence-corrected chi connectivity index (χ0v) is 16.3. The molecule has 0 aliphatic rings. The number of ether oxygens (including phenoxy) is 1. The minimum atomic E-state index is 0.416. The lowest BCUT2D eigenvalue weighted by atomic mass is 10.2. The van der Waals surface area contributed by atoms with Gasteiger partial charge in [0.1, 0.15) is 0 Å². The first-order valence-corrected chi connectivity index (χ1v) is 9.42. The van der Waals surface area contributed by atoms with E-state index in [1.807, 2.05) is 53.6 Å². The Labute approximate surface area is 161 Å². The molecular weight excluding hydrogens is 368 g/mol. The van der Waals surface area contributed by atoms with Crippen molar-refractivity contribution in [1.29, 1.82) is 0 Å². The molecule has 0 spiro atoms. The number of thiophene rings is 1. The number of rotatable bonds is 7. The first kappa shape index (κ1) is 18.5. The number of hydrogen-bond donors (Lipinski definition) is 1. The molecule has 0 fully saturated rings. The molecule has 1 N–H and O–H groups in total. The lowest BCUT2D eigenvalue weighted by Crippen LogP contribution is -2.36. The molecule has 3 aromatic rings. The van der Waals surface area contributed by atoms with Gasteiger partial charge in [0.2, 0.25) is 5.89 Å². The van der Waals surface area contributed by atoms with Crippen molar-refractivity contribution in [3.63, 3.8) is 0 Å².